The van der Waals surface area contributed by atoms with Gasteiger partial charge in [-0.15, -0.1) is 0 Å². The van der Waals surface area contributed by atoms with Gasteiger partial charge in [0, 0.05) is 17.4 Å². The van der Waals surface area contributed by atoms with Gasteiger partial charge in [0.15, 0.2) is 11.5 Å². The number of carbonyl (C=O) groups excluding carboxylic acids is 1. The van der Waals surface area contributed by atoms with Crippen LogP contribution in [0.25, 0.3) is 0 Å². The minimum Gasteiger partial charge on any atom is -0.504 e. The summed E-state index contributed by atoms with van der Waals surface area (Å²) in [7, 11) is 0. The highest BCUT2D eigenvalue weighted by Crippen LogP contribution is 2.40. The largest absolute Gasteiger partial charge is 0.504 e. The molecule has 1 amide bonds. The number of nitrogens with one attached hydrogen (secondary N) is 1. The highest BCUT2D eigenvalue weighted by Gasteiger charge is 2.14. The second-order valence-corrected chi connectivity index (χ2v) is 5.29. The van der Waals surface area contributed by atoms with Gasteiger partial charge in [0.25, 0.3) is 0 Å². The third kappa shape index (κ3) is 4.39. The second-order valence-electron chi connectivity index (χ2n) is 3.70. The molecule has 8 heteroatoms. The van der Waals surface area contributed by atoms with Gasteiger partial charge in [-0.3, -0.25) is 9.59 Å². The highest BCUT2D eigenvalue weighted by molar-refractivity contribution is 9.13. The zero-order valence-corrected chi connectivity index (χ0v) is 12.8. The van der Waals surface area contributed by atoms with Gasteiger partial charge in [0.05, 0.1) is 10.9 Å². The number of carbonyl (C=O) groups is 2. The standard InChI is InChI=1S/C11H11Br2NO5/c12-9-5(3-6(15)11(19)10(9)13)4-14-7(16)1-2-8(17)18/h3,15,19H,1-2,4H2,(H,14,16)(H,17,18). The van der Waals surface area contributed by atoms with Gasteiger partial charge < -0.3 is 20.6 Å². The van der Waals surface area contributed by atoms with Crippen molar-refractivity contribution in [3.8, 4) is 11.5 Å². The van der Waals surface area contributed by atoms with E-state index in [0.717, 1.165) is 0 Å². The molecule has 0 fully saturated rings. The van der Waals surface area contributed by atoms with Crippen molar-refractivity contribution < 1.29 is 24.9 Å². The van der Waals surface area contributed by atoms with Crippen LogP contribution in [0.15, 0.2) is 15.0 Å². The molecule has 0 saturated carbocycles. The Morgan fingerprint density at radius 1 is 1.16 bits per heavy atom. The summed E-state index contributed by atoms with van der Waals surface area (Å²) < 4.78 is 0.781. The number of aromatic hydroxyl groups is 2. The Balaban J connectivity index is 2.68. The van der Waals surface area contributed by atoms with Crippen LogP contribution in [0.4, 0.5) is 0 Å². The molecule has 0 unspecified atom stereocenters. The van der Waals surface area contributed by atoms with E-state index in [2.05, 4.69) is 37.2 Å². The Labute approximate surface area is 125 Å². The molecule has 0 bridgehead atoms. The van der Waals surface area contributed by atoms with Crippen LogP contribution in [0.5, 0.6) is 11.5 Å². The Hall–Kier alpha value is -1.28. The summed E-state index contributed by atoms with van der Waals surface area (Å²) >= 11 is 6.30. The second kappa shape index (κ2) is 6.76. The maximum atomic E-state index is 11.4. The summed E-state index contributed by atoms with van der Waals surface area (Å²) in [6.45, 7) is 0.103. The zero-order chi connectivity index (χ0) is 14.6. The van der Waals surface area contributed by atoms with Gasteiger partial charge in [-0.2, -0.15) is 0 Å². The number of phenols is 2. The molecule has 1 aromatic rings. The fraction of sp³-hybridized carbons (Fsp3) is 0.273. The summed E-state index contributed by atoms with van der Waals surface area (Å²) in [5.74, 6) is -2.06. The molecule has 0 aromatic heterocycles. The first-order chi connectivity index (χ1) is 8.82. The number of carboxylic acids is 1. The molecule has 6 nitrogen and oxygen atoms in total. The number of rotatable bonds is 5. The molecule has 1 aromatic carbocycles. The van der Waals surface area contributed by atoms with Crippen molar-refractivity contribution in [1.29, 1.82) is 0 Å². The normalized spacial score (nSPS) is 10.2. The van der Waals surface area contributed by atoms with Crippen LogP contribution in [-0.2, 0) is 16.1 Å². The Morgan fingerprint density at radius 3 is 2.37 bits per heavy atom. The molecular formula is C11H11Br2NO5. The number of hydrogen-bond donors (Lipinski definition) is 4. The summed E-state index contributed by atoms with van der Waals surface area (Å²) in [4.78, 5) is 21.7. The zero-order valence-electron chi connectivity index (χ0n) is 9.61. The predicted octanol–water partition coefficient (Wildman–Crippen LogP) is 2.10. The van der Waals surface area contributed by atoms with Crippen LogP contribution >= 0.6 is 31.9 Å². The van der Waals surface area contributed by atoms with E-state index >= 15 is 0 Å². The van der Waals surface area contributed by atoms with Crippen molar-refractivity contribution in [2.75, 3.05) is 0 Å². The van der Waals surface area contributed by atoms with Crippen molar-refractivity contribution in [1.82, 2.24) is 5.32 Å². The molecule has 0 spiro atoms. The molecule has 1 rings (SSSR count). The lowest BCUT2D eigenvalue weighted by Gasteiger charge is -2.10. The molecular weight excluding hydrogens is 386 g/mol. The minimum atomic E-state index is -1.04. The molecule has 0 radical (unpaired) electrons. The third-order valence-electron chi connectivity index (χ3n) is 2.28. The number of amides is 1. The predicted molar refractivity (Wildman–Crippen MR) is 73.9 cm³/mol. The van der Waals surface area contributed by atoms with E-state index in [1.54, 1.807) is 0 Å². The van der Waals surface area contributed by atoms with Crippen LogP contribution in [0.2, 0.25) is 0 Å². The Morgan fingerprint density at radius 2 is 1.79 bits per heavy atom. The van der Waals surface area contributed by atoms with E-state index in [1.165, 1.54) is 6.07 Å². The number of benzene rings is 1. The van der Waals surface area contributed by atoms with Crippen molar-refractivity contribution >= 4 is 43.7 Å². The summed E-state index contributed by atoms with van der Waals surface area (Å²) in [5, 5.41) is 29.9. The van der Waals surface area contributed by atoms with Crippen LogP contribution in [0.1, 0.15) is 18.4 Å². The average Bonchev–Trinajstić information content (AvgIpc) is 2.36. The smallest absolute Gasteiger partial charge is 0.303 e. The lowest BCUT2D eigenvalue weighted by atomic mass is 10.2. The first-order valence-corrected chi connectivity index (χ1v) is 6.78. The number of phenolic OH excluding ortho intramolecular Hbond substituents is 2. The number of carboxylic acid groups (broad SMARTS) is 1. The maximum Gasteiger partial charge on any atom is 0.303 e. The van der Waals surface area contributed by atoms with Crippen molar-refractivity contribution in [3.63, 3.8) is 0 Å². The molecule has 4 N–H and O–H groups in total. The van der Waals surface area contributed by atoms with E-state index in [0.29, 0.717) is 10.0 Å². The molecule has 0 aliphatic rings. The number of hydrogen-bond acceptors (Lipinski definition) is 4. The molecule has 0 aliphatic heterocycles. The molecule has 0 heterocycles. The van der Waals surface area contributed by atoms with E-state index < -0.39 is 11.9 Å². The Bertz CT molecular complexity index is 518. The lowest BCUT2D eigenvalue weighted by molar-refractivity contribution is -0.138. The van der Waals surface area contributed by atoms with Crippen LogP contribution in [0.3, 0.4) is 0 Å². The molecule has 0 atom stereocenters. The first-order valence-electron chi connectivity index (χ1n) is 5.20. The van der Waals surface area contributed by atoms with E-state index in [-0.39, 0.29) is 35.4 Å². The van der Waals surface area contributed by atoms with Gasteiger partial charge in [-0.05, 0) is 43.5 Å². The number of halogens is 2. The molecule has 0 saturated heterocycles. The SMILES string of the molecule is O=C(O)CCC(=O)NCc1cc(O)c(O)c(Br)c1Br. The van der Waals surface area contributed by atoms with Crippen molar-refractivity contribution in [2.24, 2.45) is 0 Å². The van der Waals surface area contributed by atoms with Gasteiger partial charge in [0.1, 0.15) is 0 Å². The Kier molecular flexibility index (Phi) is 5.61. The van der Waals surface area contributed by atoms with Gasteiger partial charge in [-0.25, -0.2) is 0 Å². The van der Waals surface area contributed by atoms with E-state index in [4.69, 9.17) is 5.11 Å². The fourth-order valence-electron chi connectivity index (χ4n) is 1.29. The average molecular weight is 397 g/mol. The van der Waals surface area contributed by atoms with Gasteiger partial charge in [-0.1, -0.05) is 0 Å². The van der Waals surface area contributed by atoms with Crippen LogP contribution in [-0.4, -0.2) is 27.2 Å². The highest BCUT2D eigenvalue weighted by atomic mass is 79.9. The molecule has 19 heavy (non-hydrogen) atoms. The van der Waals surface area contributed by atoms with Gasteiger partial charge in [0.2, 0.25) is 5.91 Å². The lowest BCUT2D eigenvalue weighted by Crippen LogP contribution is -2.23. The summed E-state index contributed by atoms with van der Waals surface area (Å²) in [5.41, 5.74) is 0.547. The van der Waals surface area contributed by atoms with Crippen LogP contribution < -0.4 is 5.32 Å². The first kappa shape index (κ1) is 15.8. The topological polar surface area (TPSA) is 107 Å². The molecule has 0 aliphatic carbocycles. The fourth-order valence-corrected chi connectivity index (χ4v) is 2.19. The van der Waals surface area contributed by atoms with Crippen LogP contribution in [0, 0.1) is 0 Å². The minimum absolute atomic E-state index is 0.103. The van der Waals surface area contributed by atoms with E-state index in [9.17, 15) is 19.8 Å². The quantitative estimate of drug-likeness (QED) is 0.570. The summed E-state index contributed by atoms with van der Waals surface area (Å²) in [6, 6.07) is 1.31. The maximum absolute atomic E-state index is 11.4. The molecule has 104 valence electrons. The number of aliphatic carboxylic acids is 1. The van der Waals surface area contributed by atoms with Crippen molar-refractivity contribution in [3.05, 3.63) is 20.6 Å². The summed E-state index contributed by atoms with van der Waals surface area (Å²) in [6.07, 6.45) is -0.351. The van der Waals surface area contributed by atoms with E-state index in [1.807, 2.05) is 0 Å². The van der Waals surface area contributed by atoms with Crippen molar-refractivity contribution in [2.45, 2.75) is 19.4 Å². The third-order valence-corrected chi connectivity index (χ3v) is 4.49. The van der Waals surface area contributed by atoms with Gasteiger partial charge >= 0.3 is 5.97 Å². The monoisotopic (exact) mass is 395 g/mol.